The summed E-state index contributed by atoms with van der Waals surface area (Å²) in [5.41, 5.74) is 2.24. The number of hydrazine groups is 1. The number of halogens is 5. The maximum Gasteiger partial charge on any atom is 0.451 e. The number of aromatic nitrogens is 2. The highest BCUT2D eigenvalue weighted by atomic mass is 79.9. The first-order chi connectivity index (χ1) is 9.79. The Morgan fingerprint density at radius 1 is 1.10 bits per heavy atom. The number of anilines is 3. The average molecular weight is 366 g/mol. The molecule has 1 aromatic carbocycles. The summed E-state index contributed by atoms with van der Waals surface area (Å²) in [6.07, 6.45) is -4.73. The van der Waals surface area contributed by atoms with Crippen LogP contribution in [0.25, 0.3) is 0 Å². The van der Waals surface area contributed by atoms with Crippen LogP contribution in [-0.4, -0.2) is 9.97 Å². The first-order valence-electron chi connectivity index (χ1n) is 5.44. The van der Waals surface area contributed by atoms with Crippen LogP contribution < -0.4 is 16.6 Å². The van der Waals surface area contributed by atoms with Crippen molar-refractivity contribution in [1.82, 2.24) is 9.97 Å². The van der Waals surface area contributed by atoms with Gasteiger partial charge in [0.1, 0.15) is 17.5 Å². The van der Waals surface area contributed by atoms with Crippen LogP contribution in [0.2, 0.25) is 0 Å². The van der Waals surface area contributed by atoms with Crippen LogP contribution in [0.4, 0.5) is 34.9 Å². The van der Waals surface area contributed by atoms with Gasteiger partial charge in [-0.1, -0.05) is 0 Å². The van der Waals surface area contributed by atoms with E-state index < -0.39 is 17.8 Å². The summed E-state index contributed by atoms with van der Waals surface area (Å²) in [5, 5.41) is 2.55. The predicted molar refractivity (Wildman–Crippen MR) is 72.2 cm³/mol. The van der Waals surface area contributed by atoms with Gasteiger partial charge in [-0.2, -0.15) is 13.2 Å². The molecule has 0 bridgehead atoms. The van der Waals surface area contributed by atoms with E-state index in [4.69, 9.17) is 5.84 Å². The third-order valence-corrected chi connectivity index (χ3v) is 2.96. The lowest BCUT2D eigenvalue weighted by molar-refractivity contribution is -0.144. The van der Waals surface area contributed by atoms with E-state index >= 15 is 0 Å². The minimum atomic E-state index is -4.73. The topological polar surface area (TPSA) is 75.9 Å². The smallest absolute Gasteiger partial charge is 0.340 e. The second kappa shape index (κ2) is 5.82. The highest BCUT2D eigenvalue weighted by Crippen LogP contribution is 2.29. The van der Waals surface area contributed by atoms with Crippen molar-refractivity contribution in [3.63, 3.8) is 0 Å². The minimum Gasteiger partial charge on any atom is -0.340 e. The fourth-order valence-electron chi connectivity index (χ4n) is 1.43. The Morgan fingerprint density at radius 3 is 2.33 bits per heavy atom. The van der Waals surface area contributed by atoms with E-state index in [0.29, 0.717) is 0 Å². The highest BCUT2D eigenvalue weighted by Gasteiger charge is 2.35. The van der Waals surface area contributed by atoms with Gasteiger partial charge in [0.15, 0.2) is 0 Å². The molecule has 0 saturated carbocycles. The van der Waals surface area contributed by atoms with Gasteiger partial charge in [0.05, 0.1) is 4.47 Å². The lowest BCUT2D eigenvalue weighted by atomic mass is 10.3. The van der Waals surface area contributed by atoms with Gasteiger partial charge in [0.25, 0.3) is 0 Å². The SMILES string of the molecule is NNc1cc(Nc2ccc(Br)c(F)c2)nc(C(F)(F)F)n1. The van der Waals surface area contributed by atoms with Crippen molar-refractivity contribution in [3.8, 4) is 0 Å². The quantitative estimate of drug-likeness (QED) is 0.441. The highest BCUT2D eigenvalue weighted by molar-refractivity contribution is 9.10. The molecule has 0 spiro atoms. The Hall–Kier alpha value is -1.94. The van der Waals surface area contributed by atoms with Crippen LogP contribution in [-0.2, 0) is 6.18 Å². The van der Waals surface area contributed by atoms with E-state index in [1.165, 1.54) is 12.1 Å². The van der Waals surface area contributed by atoms with E-state index in [9.17, 15) is 17.6 Å². The average Bonchev–Trinajstić information content (AvgIpc) is 2.41. The Kier molecular flexibility index (Phi) is 4.28. The van der Waals surface area contributed by atoms with E-state index in [2.05, 4.69) is 31.2 Å². The van der Waals surface area contributed by atoms with Crippen molar-refractivity contribution >= 4 is 33.3 Å². The molecule has 112 valence electrons. The first kappa shape index (κ1) is 15.4. The van der Waals surface area contributed by atoms with Crippen LogP contribution in [0.3, 0.4) is 0 Å². The summed E-state index contributed by atoms with van der Waals surface area (Å²) >= 11 is 2.97. The van der Waals surface area contributed by atoms with Crippen molar-refractivity contribution < 1.29 is 17.6 Å². The number of nitrogens with one attached hydrogen (secondary N) is 2. The summed E-state index contributed by atoms with van der Waals surface area (Å²) in [4.78, 5) is 6.53. The molecule has 0 saturated heterocycles. The number of nitrogens with zero attached hydrogens (tertiary/aromatic N) is 2. The molecule has 0 radical (unpaired) electrons. The zero-order chi connectivity index (χ0) is 15.6. The van der Waals surface area contributed by atoms with Crippen molar-refractivity contribution in [2.75, 3.05) is 10.7 Å². The molecule has 10 heteroatoms. The number of benzene rings is 1. The van der Waals surface area contributed by atoms with E-state index in [1.807, 2.05) is 5.43 Å². The Morgan fingerprint density at radius 2 is 1.76 bits per heavy atom. The molecule has 4 N–H and O–H groups in total. The van der Waals surface area contributed by atoms with Gasteiger partial charge in [0, 0.05) is 11.8 Å². The number of nitrogens with two attached hydrogens (primary N) is 1. The fourth-order valence-corrected chi connectivity index (χ4v) is 1.68. The molecule has 0 aliphatic heterocycles. The van der Waals surface area contributed by atoms with Gasteiger partial charge in [0.2, 0.25) is 5.82 Å². The lowest BCUT2D eigenvalue weighted by Gasteiger charge is -2.11. The second-order valence-electron chi connectivity index (χ2n) is 3.86. The third-order valence-electron chi connectivity index (χ3n) is 2.32. The van der Waals surface area contributed by atoms with Gasteiger partial charge < -0.3 is 10.7 Å². The lowest BCUT2D eigenvalue weighted by Crippen LogP contribution is -2.16. The van der Waals surface area contributed by atoms with Crippen LogP contribution in [0.5, 0.6) is 0 Å². The normalized spacial score (nSPS) is 11.3. The molecule has 0 unspecified atom stereocenters. The van der Waals surface area contributed by atoms with Crippen LogP contribution >= 0.6 is 15.9 Å². The second-order valence-corrected chi connectivity index (χ2v) is 4.71. The number of hydrogen-bond acceptors (Lipinski definition) is 5. The summed E-state index contributed by atoms with van der Waals surface area (Å²) in [7, 11) is 0. The minimum absolute atomic E-state index is 0.174. The number of hydrogen-bond donors (Lipinski definition) is 3. The van der Waals surface area contributed by atoms with Crippen LogP contribution in [0.15, 0.2) is 28.7 Å². The maximum absolute atomic E-state index is 13.4. The van der Waals surface area contributed by atoms with E-state index in [0.717, 1.165) is 12.1 Å². The van der Waals surface area contributed by atoms with Gasteiger partial charge in [-0.15, -0.1) is 0 Å². The molecule has 2 rings (SSSR count). The Balaban J connectivity index is 2.36. The summed E-state index contributed by atoms with van der Waals surface area (Å²) in [5.74, 6) is 2.74. The molecule has 5 nitrogen and oxygen atoms in total. The van der Waals surface area contributed by atoms with Crippen molar-refractivity contribution in [2.24, 2.45) is 5.84 Å². The molecule has 0 aliphatic rings. The molecule has 0 aliphatic carbocycles. The molecular formula is C11H8BrF4N5. The summed E-state index contributed by atoms with van der Waals surface area (Å²) in [6, 6.07) is 5.15. The number of nitrogen functional groups attached to an aromatic ring is 1. The standard InChI is InChI=1S/C11H8BrF4N5/c12-6-2-1-5(3-7(6)13)18-8-4-9(21-17)20-10(19-8)11(14,15)16/h1-4H,17H2,(H2,18,19,20,21). The van der Waals surface area contributed by atoms with Gasteiger partial charge in [-0.3, -0.25) is 0 Å². The summed E-state index contributed by atoms with van der Waals surface area (Å²) in [6.45, 7) is 0. The first-order valence-corrected chi connectivity index (χ1v) is 6.24. The third kappa shape index (κ3) is 3.79. The number of rotatable bonds is 3. The van der Waals surface area contributed by atoms with Gasteiger partial charge in [-0.05, 0) is 34.1 Å². The van der Waals surface area contributed by atoms with Crippen LogP contribution in [0.1, 0.15) is 5.82 Å². The monoisotopic (exact) mass is 365 g/mol. The van der Waals surface area contributed by atoms with Crippen molar-refractivity contribution in [2.45, 2.75) is 6.18 Å². The van der Waals surface area contributed by atoms with Crippen LogP contribution in [0, 0.1) is 5.82 Å². The number of alkyl halides is 3. The van der Waals surface area contributed by atoms with Gasteiger partial charge >= 0.3 is 6.18 Å². The molecule has 0 fully saturated rings. The zero-order valence-corrected chi connectivity index (χ0v) is 11.8. The van der Waals surface area contributed by atoms with Gasteiger partial charge in [-0.25, -0.2) is 20.2 Å². The molecule has 0 amide bonds. The Labute approximate surface area is 124 Å². The maximum atomic E-state index is 13.4. The van der Waals surface area contributed by atoms with E-state index in [-0.39, 0.29) is 21.8 Å². The molecule has 21 heavy (non-hydrogen) atoms. The van der Waals surface area contributed by atoms with Crippen molar-refractivity contribution in [3.05, 3.63) is 40.4 Å². The fraction of sp³-hybridized carbons (Fsp3) is 0.0909. The Bertz CT molecular complexity index is 662. The molecular weight excluding hydrogens is 358 g/mol. The molecule has 1 heterocycles. The largest absolute Gasteiger partial charge is 0.451 e. The van der Waals surface area contributed by atoms with E-state index in [1.54, 1.807) is 0 Å². The predicted octanol–water partition coefficient (Wildman–Crippen LogP) is 3.43. The zero-order valence-electron chi connectivity index (χ0n) is 10.2. The molecule has 1 aromatic heterocycles. The molecule has 2 aromatic rings. The van der Waals surface area contributed by atoms with Crippen molar-refractivity contribution in [1.29, 1.82) is 0 Å². The summed E-state index contributed by atoms with van der Waals surface area (Å²) < 4.78 is 51.6. The molecule has 0 atom stereocenters.